The molecule has 0 aromatic carbocycles. The van der Waals surface area contributed by atoms with E-state index in [2.05, 4.69) is 0 Å². The number of rotatable bonds is 0. The van der Waals surface area contributed by atoms with Crippen molar-refractivity contribution in [1.82, 2.24) is 0 Å². The molecule has 0 rings (SSSR count). The second-order valence-electron chi connectivity index (χ2n) is 0.250. The Labute approximate surface area is 58.0 Å². The van der Waals surface area contributed by atoms with Gasteiger partial charge in [-0.05, 0) is 6.92 Å². The third-order valence-corrected chi connectivity index (χ3v) is 0. The van der Waals surface area contributed by atoms with Gasteiger partial charge in [0.25, 0.3) is 0 Å². The maximum absolute atomic E-state index is 5.96. The standard InChI is InChI=1S/C3H3.H2N.Y/c1-3-2;;/h1H3;1H2;/q2*-1;. The molecule has 0 fully saturated rings. The molecule has 0 aliphatic heterocycles. The third kappa shape index (κ3) is 81.8. The first-order valence-corrected chi connectivity index (χ1v) is 0.750. The summed E-state index contributed by atoms with van der Waals surface area (Å²) in [5.41, 5.74) is 0. The molecule has 1 radical (unpaired) electrons. The van der Waals surface area contributed by atoms with E-state index in [0.717, 1.165) is 0 Å². The predicted molar refractivity (Wildman–Crippen MR) is 18.1 cm³/mol. The average molecular weight is 144 g/mol. The van der Waals surface area contributed by atoms with Crippen LogP contribution >= 0.6 is 0 Å². The Hall–Kier alpha value is 0.624. The Balaban J connectivity index is -0.0000000200. The molecule has 0 aliphatic rings. The number of nitrogens with two attached hydrogens (primary N) is 1. The molecular formula is C3H5NY-2. The molecule has 0 aromatic rings. The minimum Gasteiger partial charge on any atom is -0.694 e. The minimum atomic E-state index is 0. The molecule has 5 heavy (non-hydrogen) atoms. The molecule has 0 spiro atoms. The van der Waals surface area contributed by atoms with Gasteiger partial charge in [-0.25, -0.2) is 0 Å². The van der Waals surface area contributed by atoms with Crippen LogP contribution in [0.3, 0.4) is 0 Å². The van der Waals surface area contributed by atoms with Crippen LogP contribution in [0.25, 0.3) is 6.15 Å². The van der Waals surface area contributed by atoms with Crippen molar-refractivity contribution in [1.29, 1.82) is 0 Å². The largest absolute Gasteiger partial charge is 0.694 e. The summed E-state index contributed by atoms with van der Waals surface area (Å²) in [5.74, 6) is 2.00. The van der Waals surface area contributed by atoms with E-state index in [-0.39, 0.29) is 38.9 Å². The summed E-state index contributed by atoms with van der Waals surface area (Å²) in [6.45, 7) is 1.54. The Morgan fingerprint density at radius 1 is 1.60 bits per heavy atom. The summed E-state index contributed by atoms with van der Waals surface area (Å²) < 4.78 is 0. The van der Waals surface area contributed by atoms with Gasteiger partial charge in [-0.15, -0.1) is 0 Å². The maximum atomic E-state index is 5.96. The summed E-state index contributed by atoms with van der Waals surface area (Å²) >= 11 is 0. The first-order valence-electron chi connectivity index (χ1n) is 0.750. The number of hydrogen-bond donors (Lipinski definition) is 0. The zero-order valence-corrected chi connectivity index (χ0v) is 5.99. The summed E-state index contributed by atoms with van der Waals surface area (Å²) in [6, 6.07) is 0. The smallest absolute Gasteiger partial charge is 0 e. The maximum Gasteiger partial charge on any atom is 0 e. The second kappa shape index (κ2) is 23.0. The minimum absolute atomic E-state index is 0. The quantitative estimate of drug-likeness (QED) is 0.362. The molecule has 0 heterocycles. The fraction of sp³-hybridized carbons (Fsp3) is 0.333. The van der Waals surface area contributed by atoms with E-state index < -0.39 is 0 Å². The van der Waals surface area contributed by atoms with E-state index in [0.29, 0.717) is 0 Å². The van der Waals surface area contributed by atoms with Crippen LogP contribution in [-0.2, 0) is 32.7 Å². The molecule has 2 N–H and O–H groups in total. The second-order valence-corrected chi connectivity index (χ2v) is 0.250. The average Bonchev–Trinajstić information content (AvgIpc) is 0.918. The van der Waals surface area contributed by atoms with Crippen LogP contribution < -0.4 is 0 Å². The van der Waals surface area contributed by atoms with Crippen molar-refractivity contribution in [2.75, 3.05) is 0 Å². The normalized spacial score (nSPS) is 1.60. The van der Waals surface area contributed by atoms with Gasteiger partial charge in [0.15, 0.2) is 0 Å². The van der Waals surface area contributed by atoms with Gasteiger partial charge in [-0.2, -0.15) is 0 Å². The first kappa shape index (κ1) is 17.5. The van der Waals surface area contributed by atoms with E-state index in [1.165, 1.54) is 0 Å². The van der Waals surface area contributed by atoms with Crippen molar-refractivity contribution in [3.8, 4) is 5.92 Å². The SMILES string of the molecule is [C-]#CC.[NH2-].[Y]. The van der Waals surface area contributed by atoms with E-state index in [1.807, 2.05) is 5.92 Å². The monoisotopic (exact) mass is 144 g/mol. The summed E-state index contributed by atoms with van der Waals surface area (Å²) in [5, 5.41) is 0. The fourth-order valence-electron chi connectivity index (χ4n) is 0. The van der Waals surface area contributed by atoms with Crippen molar-refractivity contribution in [3.05, 3.63) is 12.6 Å². The van der Waals surface area contributed by atoms with Crippen LogP contribution in [0.4, 0.5) is 0 Å². The molecular weight excluding hydrogens is 139 g/mol. The molecule has 1 nitrogen and oxygen atoms in total. The van der Waals surface area contributed by atoms with Gasteiger partial charge in [-0.1, -0.05) is 0 Å². The molecule has 0 aliphatic carbocycles. The molecule has 27 valence electrons. The van der Waals surface area contributed by atoms with E-state index in [4.69, 9.17) is 6.42 Å². The Bertz CT molecular complexity index is 28.4. The van der Waals surface area contributed by atoms with Crippen molar-refractivity contribution < 1.29 is 32.7 Å². The predicted octanol–water partition coefficient (Wildman–Crippen LogP) is 1.31. The topological polar surface area (TPSA) is 33.5 Å². The van der Waals surface area contributed by atoms with Crippen LogP contribution in [0.2, 0.25) is 0 Å². The van der Waals surface area contributed by atoms with Crippen molar-refractivity contribution >= 4 is 0 Å². The summed E-state index contributed by atoms with van der Waals surface area (Å²) in [4.78, 5) is 0. The van der Waals surface area contributed by atoms with E-state index in [1.54, 1.807) is 6.92 Å². The van der Waals surface area contributed by atoms with Crippen molar-refractivity contribution in [3.63, 3.8) is 0 Å². The molecule has 0 amide bonds. The Morgan fingerprint density at radius 3 is 1.60 bits per heavy atom. The van der Waals surface area contributed by atoms with Gasteiger partial charge in [-0.3, -0.25) is 0 Å². The van der Waals surface area contributed by atoms with Crippen molar-refractivity contribution in [2.24, 2.45) is 0 Å². The molecule has 2 heteroatoms. The fourth-order valence-corrected chi connectivity index (χ4v) is 0. The summed E-state index contributed by atoms with van der Waals surface area (Å²) in [7, 11) is 0. The van der Waals surface area contributed by atoms with Gasteiger partial charge in [0.1, 0.15) is 0 Å². The van der Waals surface area contributed by atoms with Gasteiger partial charge < -0.3 is 18.5 Å². The molecule has 0 saturated heterocycles. The Kier molecular flexibility index (Phi) is 80.4. The van der Waals surface area contributed by atoms with Crippen LogP contribution in [0.1, 0.15) is 6.92 Å². The van der Waals surface area contributed by atoms with Crippen molar-refractivity contribution in [2.45, 2.75) is 6.92 Å². The van der Waals surface area contributed by atoms with Crippen LogP contribution in [0.15, 0.2) is 0 Å². The summed E-state index contributed by atoms with van der Waals surface area (Å²) in [6.07, 6.45) is 5.96. The zero-order valence-electron chi connectivity index (χ0n) is 3.15. The van der Waals surface area contributed by atoms with Gasteiger partial charge >= 0.3 is 0 Å². The molecule has 0 saturated carbocycles. The zero-order chi connectivity index (χ0) is 2.71. The van der Waals surface area contributed by atoms with Gasteiger partial charge in [0.2, 0.25) is 0 Å². The van der Waals surface area contributed by atoms with Crippen LogP contribution in [0, 0.1) is 12.3 Å². The van der Waals surface area contributed by atoms with E-state index >= 15 is 0 Å². The molecule has 0 unspecified atom stereocenters. The number of hydrogen-bond acceptors (Lipinski definition) is 0. The van der Waals surface area contributed by atoms with E-state index in [9.17, 15) is 0 Å². The van der Waals surface area contributed by atoms with Crippen LogP contribution in [-0.4, -0.2) is 0 Å². The molecule has 0 bridgehead atoms. The third-order valence-electron chi connectivity index (χ3n) is 0. The van der Waals surface area contributed by atoms with Gasteiger partial charge in [0.05, 0.1) is 0 Å². The van der Waals surface area contributed by atoms with Gasteiger partial charge in [0, 0.05) is 32.7 Å². The molecule has 0 aromatic heterocycles. The molecule has 0 atom stereocenters. The first-order chi connectivity index (χ1) is 1.41. The van der Waals surface area contributed by atoms with Crippen LogP contribution in [0.5, 0.6) is 0 Å². The Morgan fingerprint density at radius 2 is 1.60 bits per heavy atom.